The molecule has 6 heteroatoms. The Morgan fingerprint density at radius 2 is 1.55 bits per heavy atom. The van der Waals surface area contributed by atoms with E-state index in [1.807, 2.05) is 62.4 Å². The molecule has 1 amide bonds. The van der Waals surface area contributed by atoms with Crippen LogP contribution in [-0.4, -0.2) is 20.6 Å². The van der Waals surface area contributed by atoms with Crippen LogP contribution in [0.5, 0.6) is 0 Å². The van der Waals surface area contributed by atoms with Crippen molar-refractivity contribution < 1.29 is 13.2 Å². The molecule has 0 heterocycles. The van der Waals surface area contributed by atoms with Gasteiger partial charge in [0.15, 0.2) is 0 Å². The first-order chi connectivity index (χ1) is 13.7. The number of rotatable bonds is 6. The highest BCUT2D eigenvalue weighted by molar-refractivity contribution is 7.92. The molecule has 0 aliphatic rings. The van der Waals surface area contributed by atoms with Crippen LogP contribution in [0.15, 0.2) is 72.8 Å². The second kappa shape index (κ2) is 8.49. The van der Waals surface area contributed by atoms with E-state index in [-0.39, 0.29) is 12.5 Å². The highest BCUT2D eigenvalue weighted by Gasteiger charge is 2.18. The summed E-state index contributed by atoms with van der Waals surface area (Å²) in [5.74, 6) is -0.242. The van der Waals surface area contributed by atoms with E-state index in [1.165, 1.54) is 10.6 Å². The number of sulfonamides is 1. The minimum atomic E-state index is -3.47. The van der Waals surface area contributed by atoms with Crippen LogP contribution in [0.1, 0.15) is 27.0 Å². The van der Waals surface area contributed by atoms with Crippen LogP contribution in [0.25, 0.3) is 0 Å². The number of carbonyl (C=O) groups is 1. The lowest BCUT2D eigenvalue weighted by atomic mass is 10.1. The topological polar surface area (TPSA) is 66.5 Å². The number of aryl methyl sites for hydroxylation is 2. The van der Waals surface area contributed by atoms with Crippen molar-refractivity contribution in [3.05, 3.63) is 95.1 Å². The molecule has 0 bridgehead atoms. The smallest absolute Gasteiger partial charge is 0.255 e. The zero-order chi connectivity index (χ0) is 21.0. The summed E-state index contributed by atoms with van der Waals surface area (Å²) in [5, 5.41) is 2.87. The molecule has 0 saturated heterocycles. The molecule has 0 aliphatic carbocycles. The van der Waals surface area contributed by atoms with Crippen LogP contribution in [0, 0.1) is 13.8 Å². The summed E-state index contributed by atoms with van der Waals surface area (Å²) in [6.07, 6.45) is 1.18. The second-order valence-corrected chi connectivity index (χ2v) is 8.96. The third-order valence-electron chi connectivity index (χ3n) is 4.75. The molecule has 0 saturated carbocycles. The van der Waals surface area contributed by atoms with E-state index in [0.29, 0.717) is 11.3 Å². The molecule has 0 spiro atoms. The molecule has 1 N–H and O–H groups in total. The number of nitrogens with one attached hydrogen (secondary N) is 1. The fourth-order valence-corrected chi connectivity index (χ4v) is 3.84. The van der Waals surface area contributed by atoms with Crippen molar-refractivity contribution in [2.24, 2.45) is 0 Å². The molecule has 0 aliphatic heterocycles. The predicted octanol–water partition coefficient (Wildman–Crippen LogP) is 4.52. The fourth-order valence-electron chi connectivity index (χ4n) is 2.95. The molecule has 0 aromatic heterocycles. The van der Waals surface area contributed by atoms with Crippen molar-refractivity contribution in [2.75, 3.05) is 15.9 Å². The Morgan fingerprint density at radius 3 is 2.14 bits per heavy atom. The van der Waals surface area contributed by atoms with Gasteiger partial charge in [-0.2, -0.15) is 0 Å². The van der Waals surface area contributed by atoms with Gasteiger partial charge >= 0.3 is 0 Å². The van der Waals surface area contributed by atoms with Gasteiger partial charge in [-0.05, 0) is 66.9 Å². The quantitative estimate of drug-likeness (QED) is 0.652. The van der Waals surface area contributed by atoms with Gasteiger partial charge in [0.2, 0.25) is 10.0 Å². The van der Waals surface area contributed by atoms with Crippen LogP contribution >= 0.6 is 0 Å². The number of carbonyl (C=O) groups excluding carboxylic acids is 1. The average molecular weight is 409 g/mol. The second-order valence-electron chi connectivity index (χ2n) is 7.06. The first kappa shape index (κ1) is 20.6. The van der Waals surface area contributed by atoms with Crippen molar-refractivity contribution >= 4 is 27.3 Å². The molecule has 0 unspecified atom stereocenters. The summed E-state index contributed by atoms with van der Waals surface area (Å²) in [6, 6.07) is 21.7. The lowest BCUT2D eigenvalue weighted by molar-refractivity contribution is 0.102. The van der Waals surface area contributed by atoms with Crippen LogP contribution in [-0.2, 0) is 16.6 Å². The predicted molar refractivity (Wildman–Crippen MR) is 118 cm³/mol. The van der Waals surface area contributed by atoms with E-state index >= 15 is 0 Å². The Labute approximate surface area is 172 Å². The minimum Gasteiger partial charge on any atom is -0.322 e. The highest BCUT2D eigenvalue weighted by atomic mass is 32.2. The molecule has 3 aromatic carbocycles. The number of amides is 1. The van der Waals surface area contributed by atoms with E-state index in [0.717, 1.165) is 22.4 Å². The Kier molecular flexibility index (Phi) is 6.03. The molecule has 0 radical (unpaired) electrons. The Morgan fingerprint density at radius 1 is 0.897 bits per heavy atom. The molecule has 0 fully saturated rings. The van der Waals surface area contributed by atoms with Crippen molar-refractivity contribution in [2.45, 2.75) is 20.4 Å². The highest BCUT2D eigenvalue weighted by Crippen LogP contribution is 2.22. The Hall–Kier alpha value is -3.12. The minimum absolute atomic E-state index is 0.230. The summed E-state index contributed by atoms with van der Waals surface area (Å²) in [4.78, 5) is 12.5. The number of nitrogens with zero attached hydrogens (tertiary/aromatic N) is 1. The molecular weight excluding hydrogens is 384 g/mol. The van der Waals surface area contributed by atoms with Gasteiger partial charge < -0.3 is 5.32 Å². The normalized spacial score (nSPS) is 11.1. The van der Waals surface area contributed by atoms with Crippen LogP contribution < -0.4 is 9.62 Å². The average Bonchev–Trinajstić information content (AvgIpc) is 2.69. The van der Waals surface area contributed by atoms with Gasteiger partial charge in [0, 0.05) is 11.3 Å². The summed E-state index contributed by atoms with van der Waals surface area (Å²) in [5.41, 5.74) is 4.84. The molecule has 150 valence electrons. The van der Waals surface area contributed by atoms with Crippen LogP contribution in [0.3, 0.4) is 0 Å². The maximum atomic E-state index is 12.5. The van der Waals surface area contributed by atoms with Crippen LogP contribution in [0.4, 0.5) is 11.4 Å². The third-order valence-corrected chi connectivity index (χ3v) is 5.89. The summed E-state index contributed by atoms with van der Waals surface area (Å²) in [7, 11) is -3.47. The van der Waals surface area contributed by atoms with E-state index in [4.69, 9.17) is 0 Å². The van der Waals surface area contributed by atoms with Gasteiger partial charge in [-0.3, -0.25) is 9.10 Å². The van der Waals surface area contributed by atoms with Crippen LogP contribution in [0.2, 0.25) is 0 Å². The van der Waals surface area contributed by atoms with E-state index in [9.17, 15) is 13.2 Å². The van der Waals surface area contributed by atoms with E-state index < -0.39 is 10.0 Å². The van der Waals surface area contributed by atoms with Gasteiger partial charge in [-0.1, -0.05) is 36.4 Å². The molecule has 3 aromatic rings. The van der Waals surface area contributed by atoms with E-state index in [2.05, 4.69) is 5.32 Å². The van der Waals surface area contributed by atoms with Crippen molar-refractivity contribution in [3.63, 3.8) is 0 Å². The third kappa shape index (κ3) is 5.23. The van der Waals surface area contributed by atoms with Crippen molar-refractivity contribution in [1.29, 1.82) is 0 Å². The van der Waals surface area contributed by atoms with Gasteiger partial charge in [-0.15, -0.1) is 0 Å². The zero-order valence-electron chi connectivity index (χ0n) is 16.7. The first-order valence-electron chi connectivity index (χ1n) is 9.24. The number of hydrogen-bond donors (Lipinski definition) is 1. The SMILES string of the molecule is Cc1ccc(NC(=O)c2ccc(N(Cc3ccccc3)S(C)(=O)=O)cc2)cc1C. The molecular formula is C23H24N2O3S. The Balaban J connectivity index is 1.79. The van der Waals surface area contributed by atoms with Crippen molar-refractivity contribution in [3.8, 4) is 0 Å². The summed E-state index contributed by atoms with van der Waals surface area (Å²) in [6.45, 7) is 4.24. The summed E-state index contributed by atoms with van der Waals surface area (Å²) < 4.78 is 25.9. The van der Waals surface area contributed by atoms with Gasteiger partial charge in [0.05, 0.1) is 18.5 Å². The van der Waals surface area contributed by atoms with Gasteiger partial charge in [0.1, 0.15) is 0 Å². The Bertz CT molecular complexity index is 1110. The van der Waals surface area contributed by atoms with E-state index in [1.54, 1.807) is 24.3 Å². The molecule has 0 atom stereocenters. The number of hydrogen-bond acceptors (Lipinski definition) is 3. The summed E-state index contributed by atoms with van der Waals surface area (Å²) >= 11 is 0. The van der Waals surface area contributed by atoms with Gasteiger partial charge in [-0.25, -0.2) is 8.42 Å². The largest absolute Gasteiger partial charge is 0.322 e. The number of anilines is 2. The molecule has 29 heavy (non-hydrogen) atoms. The fraction of sp³-hybridized carbons (Fsp3) is 0.174. The maximum Gasteiger partial charge on any atom is 0.255 e. The monoisotopic (exact) mass is 408 g/mol. The number of benzene rings is 3. The first-order valence-corrected chi connectivity index (χ1v) is 11.1. The maximum absolute atomic E-state index is 12.5. The lowest BCUT2D eigenvalue weighted by Gasteiger charge is -2.22. The molecule has 5 nitrogen and oxygen atoms in total. The lowest BCUT2D eigenvalue weighted by Crippen LogP contribution is -2.29. The standard InChI is InChI=1S/C23H24N2O3S/c1-17-9-12-21(15-18(17)2)24-23(26)20-10-13-22(14-11-20)25(29(3,27)28)16-19-7-5-4-6-8-19/h4-15H,16H2,1-3H3,(H,24,26). The molecule has 3 rings (SSSR count). The zero-order valence-corrected chi connectivity index (χ0v) is 17.5. The van der Waals surface area contributed by atoms with Gasteiger partial charge in [0.25, 0.3) is 5.91 Å². The van der Waals surface area contributed by atoms with Crippen molar-refractivity contribution in [1.82, 2.24) is 0 Å².